The lowest BCUT2D eigenvalue weighted by atomic mass is 10.00. The summed E-state index contributed by atoms with van der Waals surface area (Å²) in [6.45, 7) is 0.633. The Hall–Kier alpha value is -1.10. The van der Waals surface area contributed by atoms with Crippen LogP contribution in [0, 0.1) is 0 Å². The second-order valence-corrected chi connectivity index (χ2v) is 3.41. The summed E-state index contributed by atoms with van der Waals surface area (Å²) >= 11 is 0. The van der Waals surface area contributed by atoms with Crippen LogP contribution in [0.4, 0.5) is 0 Å². The van der Waals surface area contributed by atoms with Gasteiger partial charge in [0.05, 0.1) is 6.61 Å². The molecule has 1 aromatic carbocycles. The highest BCUT2D eigenvalue weighted by molar-refractivity contribution is 5.28. The van der Waals surface area contributed by atoms with Crippen molar-refractivity contribution in [2.45, 2.75) is 5.92 Å². The van der Waals surface area contributed by atoms with Crippen LogP contribution >= 0.6 is 0 Å². The number of hydrogen-bond donors (Lipinski definition) is 3. The minimum absolute atomic E-state index is 0.00870. The number of likely N-dealkylation sites (N-methyl/N-ethyl adjacent to an activating group) is 1. The zero-order valence-electron chi connectivity index (χ0n) is 8.22. The lowest BCUT2D eigenvalue weighted by molar-refractivity contribution is 0.222. The first-order chi connectivity index (χ1) is 6.63. The maximum absolute atomic E-state index is 9.15. The van der Waals surface area contributed by atoms with Crippen molar-refractivity contribution in [1.29, 1.82) is 0 Å². The second-order valence-electron chi connectivity index (χ2n) is 3.41. The maximum Gasteiger partial charge on any atom is 0.115 e. The molecule has 0 fully saturated rings. The molecule has 0 saturated heterocycles. The Bertz CT molecular complexity index is 272. The molecule has 0 radical (unpaired) electrons. The standard InChI is InChI=1S/C10H16N2O2/c1-12(11)6-9(7-13)8-2-4-10(14)5-3-8/h2-5,9,13-14H,6-7,11H2,1H3. The number of aliphatic hydroxyl groups is 1. The van der Waals surface area contributed by atoms with Gasteiger partial charge in [-0.05, 0) is 17.7 Å². The van der Waals surface area contributed by atoms with E-state index in [0.29, 0.717) is 6.54 Å². The summed E-state index contributed by atoms with van der Waals surface area (Å²) in [4.78, 5) is 0. The van der Waals surface area contributed by atoms with Gasteiger partial charge >= 0.3 is 0 Å². The monoisotopic (exact) mass is 196 g/mol. The largest absolute Gasteiger partial charge is 0.508 e. The Morgan fingerprint density at radius 3 is 2.36 bits per heavy atom. The van der Waals surface area contributed by atoms with E-state index in [2.05, 4.69) is 0 Å². The Morgan fingerprint density at radius 2 is 1.93 bits per heavy atom. The summed E-state index contributed by atoms with van der Waals surface area (Å²) in [7, 11) is 1.75. The Morgan fingerprint density at radius 1 is 1.36 bits per heavy atom. The highest BCUT2D eigenvalue weighted by Gasteiger charge is 2.11. The average molecular weight is 196 g/mol. The number of hydrogen-bond acceptors (Lipinski definition) is 4. The number of phenolic OH excluding ortho intramolecular Hbond substituents is 1. The Labute approximate surface area is 83.5 Å². The third-order valence-corrected chi connectivity index (χ3v) is 2.09. The topological polar surface area (TPSA) is 69.7 Å². The third-order valence-electron chi connectivity index (χ3n) is 2.09. The molecule has 0 aliphatic carbocycles. The van der Waals surface area contributed by atoms with Crippen molar-refractivity contribution in [2.24, 2.45) is 5.84 Å². The van der Waals surface area contributed by atoms with Gasteiger partial charge in [0.1, 0.15) is 5.75 Å². The molecular weight excluding hydrogens is 180 g/mol. The van der Waals surface area contributed by atoms with Crippen molar-refractivity contribution in [3.05, 3.63) is 29.8 Å². The summed E-state index contributed by atoms with van der Waals surface area (Å²) in [6.07, 6.45) is 0. The van der Waals surface area contributed by atoms with Gasteiger partial charge in [0.2, 0.25) is 0 Å². The van der Waals surface area contributed by atoms with Gasteiger partial charge < -0.3 is 10.2 Å². The molecule has 78 valence electrons. The van der Waals surface area contributed by atoms with Crippen LogP contribution in [0.25, 0.3) is 0 Å². The van der Waals surface area contributed by atoms with E-state index in [9.17, 15) is 0 Å². The molecule has 1 unspecified atom stereocenters. The van der Waals surface area contributed by atoms with Gasteiger partial charge in [0.15, 0.2) is 0 Å². The van der Waals surface area contributed by atoms with Crippen molar-refractivity contribution < 1.29 is 10.2 Å². The zero-order chi connectivity index (χ0) is 10.6. The van der Waals surface area contributed by atoms with E-state index in [4.69, 9.17) is 16.1 Å². The number of hydrazine groups is 1. The van der Waals surface area contributed by atoms with E-state index < -0.39 is 0 Å². The van der Waals surface area contributed by atoms with Gasteiger partial charge in [-0.25, -0.2) is 5.01 Å². The molecule has 4 N–H and O–H groups in total. The molecule has 0 aliphatic rings. The van der Waals surface area contributed by atoms with Crippen molar-refractivity contribution in [3.8, 4) is 5.75 Å². The van der Waals surface area contributed by atoms with Crippen molar-refractivity contribution in [3.63, 3.8) is 0 Å². The summed E-state index contributed by atoms with van der Waals surface area (Å²) in [5.74, 6) is 5.73. The predicted molar refractivity (Wildman–Crippen MR) is 54.8 cm³/mol. The highest BCUT2D eigenvalue weighted by Crippen LogP contribution is 2.18. The molecule has 1 rings (SSSR count). The molecule has 0 heterocycles. The van der Waals surface area contributed by atoms with Gasteiger partial charge in [-0.1, -0.05) is 12.1 Å². The number of aromatic hydroxyl groups is 1. The molecule has 0 spiro atoms. The molecule has 0 bridgehead atoms. The molecule has 0 aliphatic heterocycles. The molecule has 0 saturated carbocycles. The van der Waals surface area contributed by atoms with E-state index in [0.717, 1.165) is 5.56 Å². The second kappa shape index (κ2) is 4.95. The van der Waals surface area contributed by atoms with Gasteiger partial charge in [0, 0.05) is 19.5 Å². The third kappa shape index (κ3) is 2.99. The smallest absolute Gasteiger partial charge is 0.115 e. The van der Waals surface area contributed by atoms with Crippen molar-refractivity contribution in [1.82, 2.24) is 5.01 Å². The zero-order valence-corrected chi connectivity index (χ0v) is 8.22. The molecular formula is C10H16N2O2. The Balaban J connectivity index is 2.73. The van der Waals surface area contributed by atoms with Crippen LogP contribution in [0.1, 0.15) is 11.5 Å². The first-order valence-electron chi connectivity index (χ1n) is 4.49. The average Bonchev–Trinajstić information content (AvgIpc) is 2.15. The number of phenols is 1. The van der Waals surface area contributed by atoms with Gasteiger partial charge in [-0.15, -0.1) is 0 Å². The van der Waals surface area contributed by atoms with E-state index in [1.807, 2.05) is 0 Å². The van der Waals surface area contributed by atoms with Crippen LogP contribution in [0.15, 0.2) is 24.3 Å². The lowest BCUT2D eigenvalue weighted by Crippen LogP contribution is -2.32. The highest BCUT2D eigenvalue weighted by atomic mass is 16.3. The summed E-state index contributed by atoms with van der Waals surface area (Å²) < 4.78 is 0. The van der Waals surface area contributed by atoms with Gasteiger partial charge in [-0.2, -0.15) is 0 Å². The summed E-state index contributed by atoms with van der Waals surface area (Å²) in [6, 6.07) is 6.79. The molecule has 1 atom stereocenters. The van der Waals surface area contributed by atoms with Crippen LogP contribution in [-0.4, -0.2) is 35.4 Å². The van der Waals surface area contributed by atoms with Gasteiger partial charge in [-0.3, -0.25) is 5.84 Å². The quantitative estimate of drug-likeness (QED) is 0.477. The fraction of sp³-hybridized carbons (Fsp3) is 0.400. The van der Waals surface area contributed by atoms with Crippen molar-refractivity contribution >= 4 is 0 Å². The van der Waals surface area contributed by atoms with E-state index in [1.54, 1.807) is 31.3 Å². The predicted octanol–water partition coefficient (Wildman–Crippen LogP) is 0.274. The van der Waals surface area contributed by atoms with Crippen LogP contribution in [0.2, 0.25) is 0 Å². The number of nitrogens with two attached hydrogens (primary N) is 1. The first kappa shape index (κ1) is 11.0. The number of aliphatic hydroxyl groups excluding tert-OH is 1. The Kier molecular flexibility index (Phi) is 3.88. The molecule has 1 aromatic rings. The molecule has 0 amide bonds. The lowest BCUT2D eigenvalue weighted by Gasteiger charge is -2.18. The fourth-order valence-electron chi connectivity index (χ4n) is 1.36. The number of nitrogens with zero attached hydrogens (tertiary/aromatic N) is 1. The SMILES string of the molecule is CN(N)CC(CO)c1ccc(O)cc1. The van der Waals surface area contributed by atoms with Crippen LogP contribution in [0.3, 0.4) is 0 Å². The molecule has 4 heteroatoms. The number of benzene rings is 1. The van der Waals surface area contributed by atoms with E-state index in [1.165, 1.54) is 5.01 Å². The minimum atomic E-state index is -0.00870. The molecule has 14 heavy (non-hydrogen) atoms. The maximum atomic E-state index is 9.15. The molecule has 0 aromatic heterocycles. The summed E-state index contributed by atoms with van der Waals surface area (Å²) in [5, 5.41) is 19.8. The normalized spacial score (nSPS) is 13.1. The van der Waals surface area contributed by atoms with Crippen molar-refractivity contribution in [2.75, 3.05) is 20.2 Å². The fourth-order valence-corrected chi connectivity index (χ4v) is 1.36. The van der Waals surface area contributed by atoms with Crippen LogP contribution in [0.5, 0.6) is 5.75 Å². The minimum Gasteiger partial charge on any atom is -0.508 e. The van der Waals surface area contributed by atoms with E-state index in [-0.39, 0.29) is 18.3 Å². The first-order valence-corrected chi connectivity index (χ1v) is 4.49. The van der Waals surface area contributed by atoms with Crippen LogP contribution < -0.4 is 5.84 Å². The van der Waals surface area contributed by atoms with Gasteiger partial charge in [0.25, 0.3) is 0 Å². The molecule has 4 nitrogen and oxygen atoms in total. The summed E-state index contributed by atoms with van der Waals surface area (Å²) in [5.41, 5.74) is 0.975. The van der Waals surface area contributed by atoms with E-state index >= 15 is 0 Å². The van der Waals surface area contributed by atoms with Crippen LogP contribution in [-0.2, 0) is 0 Å². The number of rotatable bonds is 4.